The van der Waals surface area contributed by atoms with E-state index in [1.165, 1.54) is 7.06 Å². The summed E-state index contributed by atoms with van der Waals surface area (Å²) in [6.07, 6.45) is -1.26. The Morgan fingerprint density at radius 1 is 1.50 bits per heavy atom. The average molecular weight is 89.5 g/mol. The Bertz CT molecular complexity index is 69.0. The SMILES string of the molecule is [3H]B(B([B])[B])B([B])[B][B]. The molecule has 25 valence electrons. The molecule has 9 radical (unpaired) electrons. The third-order valence-electron chi connectivity index (χ3n) is 0.667. The van der Waals surface area contributed by atoms with E-state index in [1.54, 1.807) is 0 Å². The van der Waals surface area contributed by atoms with Crippen molar-refractivity contribution in [2.75, 3.05) is 0 Å². The van der Waals surface area contributed by atoms with E-state index in [4.69, 9.17) is 32.3 Å². The van der Waals surface area contributed by atoms with Crippen LogP contribution in [-0.4, -0.2) is 59.1 Å². The highest BCUT2D eigenvalue weighted by molar-refractivity contribution is 7.80. The Balaban J connectivity index is 3.58. The van der Waals surface area contributed by atoms with Crippen LogP contribution in [0.25, 0.3) is 0 Å². The smallest absolute Gasteiger partial charge is 0.0273 e. The zero-order valence-electron chi connectivity index (χ0n) is 5.62. The maximum absolute atomic E-state index is 7.15. The molecule has 0 aliphatic rings. The minimum absolute atomic E-state index is 0.537. The van der Waals surface area contributed by atoms with Gasteiger partial charge in [-0.1, -0.05) is 0 Å². The molecule has 8 heavy (non-hydrogen) atoms. The van der Waals surface area contributed by atoms with Gasteiger partial charge in [0.1, 0.15) is 0 Å². The molecule has 0 spiro atoms. The fraction of sp³-hybridized carbons (Fsp3) is 0. The summed E-state index contributed by atoms with van der Waals surface area (Å²) in [6, 6.07) is 0. The molecule has 0 nitrogen and oxygen atoms in total. The van der Waals surface area contributed by atoms with Gasteiger partial charge in [-0.05, 0) is 1.34 Å². The first-order chi connectivity index (χ1) is 4.09. The molecular formula is HB8. The highest BCUT2D eigenvalue weighted by atomic mass is 12.9. The summed E-state index contributed by atoms with van der Waals surface area (Å²) in [5.41, 5.74) is 0. The second-order valence-electron chi connectivity index (χ2n) is 1.54. The van der Waals surface area contributed by atoms with Gasteiger partial charge in [-0.2, -0.15) is 0 Å². The second-order valence-corrected chi connectivity index (χ2v) is 1.54. The molecule has 0 fully saturated rings. The van der Waals surface area contributed by atoms with Crippen LogP contribution < -0.4 is 0 Å². The Morgan fingerprint density at radius 2 is 2.00 bits per heavy atom. The van der Waals surface area contributed by atoms with Crippen LogP contribution in [-0.2, 0) is 0 Å². The first kappa shape index (κ1) is 6.64. The van der Waals surface area contributed by atoms with Gasteiger partial charge < -0.3 is 0 Å². The van der Waals surface area contributed by atoms with Crippen LogP contribution in [0.1, 0.15) is 0 Å². The van der Waals surface area contributed by atoms with Crippen molar-refractivity contribution in [1.82, 2.24) is 0 Å². The Labute approximate surface area is 59.8 Å². The normalized spacial score (nSPS) is 9.25. The molecule has 0 unspecified atom stereocenters. The van der Waals surface area contributed by atoms with Crippen molar-refractivity contribution in [2.24, 2.45) is 0 Å². The van der Waals surface area contributed by atoms with Crippen molar-refractivity contribution in [3.8, 4) is 0 Å². The van der Waals surface area contributed by atoms with Gasteiger partial charge in [0.15, 0.2) is 0 Å². The molecule has 0 aliphatic heterocycles. The molecule has 0 aromatic heterocycles. The molecule has 0 bridgehead atoms. The van der Waals surface area contributed by atoms with Crippen molar-refractivity contribution < 1.29 is 0 Å². The second kappa shape index (κ2) is 4.40. The van der Waals surface area contributed by atoms with Gasteiger partial charge in [-0.15, -0.1) is 0 Å². The van der Waals surface area contributed by atoms with E-state index in [9.17, 15) is 0 Å². The predicted octanol–water partition coefficient (Wildman–Crippen LogP) is -3.31. The molecule has 0 aromatic carbocycles. The topological polar surface area (TPSA) is 0 Å². The fourth-order valence-electron chi connectivity index (χ4n) is 0.321. The van der Waals surface area contributed by atoms with Gasteiger partial charge >= 0.3 is 0 Å². The van der Waals surface area contributed by atoms with Crippen LogP contribution >= 0.6 is 0 Å². The maximum atomic E-state index is 7.15. The summed E-state index contributed by atoms with van der Waals surface area (Å²) in [5.74, 6) is 0. The summed E-state index contributed by atoms with van der Waals surface area (Å²) in [5, 5.41) is 0. The highest BCUT2D eigenvalue weighted by Crippen LogP contribution is 1.67. The van der Waals surface area contributed by atoms with Gasteiger partial charge in [0.2, 0.25) is 0 Å². The van der Waals surface area contributed by atoms with E-state index in [0.717, 1.165) is 0 Å². The van der Waals surface area contributed by atoms with Crippen LogP contribution in [0, 0.1) is 0 Å². The third kappa shape index (κ3) is 4.67. The minimum Gasteiger partial charge on any atom is -0.0388 e. The molecule has 0 saturated carbocycles. The van der Waals surface area contributed by atoms with E-state index in [0.29, 0.717) is 0 Å². The maximum Gasteiger partial charge on any atom is 0.0273 e. The van der Waals surface area contributed by atoms with Gasteiger partial charge in [-0.25, -0.2) is 0 Å². The highest BCUT2D eigenvalue weighted by Gasteiger charge is 2.05. The van der Waals surface area contributed by atoms with Crippen LogP contribution in [0.2, 0.25) is 0 Å². The van der Waals surface area contributed by atoms with Crippen molar-refractivity contribution in [3.63, 3.8) is 0 Å². The zero-order valence-corrected chi connectivity index (χ0v) is 4.62. The van der Waals surface area contributed by atoms with E-state index in [1.807, 2.05) is 0 Å². The average Bonchev–Trinajstić information content (AvgIpc) is 1.84. The summed E-state index contributed by atoms with van der Waals surface area (Å²) >= 11 is 0. The lowest BCUT2D eigenvalue weighted by Gasteiger charge is -2.03. The molecule has 0 saturated heterocycles. The monoisotopic (exact) mass is 91.1 g/mol. The van der Waals surface area contributed by atoms with Crippen molar-refractivity contribution >= 4 is 57.8 Å². The largest absolute Gasteiger partial charge is 0.0388 e. The Morgan fingerprint density at radius 3 is 2.12 bits per heavy atom. The molecule has 8 heteroatoms. The molecule has 0 N–H and O–H groups in total. The molecule has 0 aromatic rings. The lowest BCUT2D eigenvalue weighted by atomic mass is 8.77. The Hall–Kier alpha value is 0.519. The third-order valence-corrected chi connectivity index (χ3v) is 0.667. The van der Waals surface area contributed by atoms with Crippen molar-refractivity contribution in [1.29, 1.82) is 1.34 Å². The number of hydrogen-bond donors (Lipinski definition) is 0. The fourth-order valence-corrected chi connectivity index (χ4v) is 0.321. The number of hydrogen-bond acceptors (Lipinski definition) is 0. The molecule has 0 atom stereocenters. The molecule has 0 amide bonds. The van der Waals surface area contributed by atoms with Crippen molar-refractivity contribution in [2.45, 2.75) is 0 Å². The lowest BCUT2D eigenvalue weighted by molar-refractivity contribution is 3.71. The quantitative estimate of drug-likeness (QED) is 0.318. The lowest BCUT2D eigenvalue weighted by Crippen LogP contribution is -2.42. The van der Waals surface area contributed by atoms with Crippen LogP contribution in [0.4, 0.5) is 0 Å². The first-order valence-electron chi connectivity index (χ1n) is 2.91. The summed E-state index contributed by atoms with van der Waals surface area (Å²) < 4.78 is 7.15. The molecule has 0 aliphatic carbocycles. The summed E-state index contributed by atoms with van der Waals surface area (Å²) in [6.45, 7) is 0. The van der Waals surface area contributed by atoms with Crippen LogP contribution in [0.15, 0.2) is 0 Å². The summed E-state index contributed by atoms with van der Waals surface area (Å²) in [4.78, 5) is 0. The minimum atomic E-state index is -0.722. The van der Waals surface area contributed by atoms with Gasteiger partial charge in [0.25, 0.3) is 0 Å². The van der Waals surface area contributed by atoms with Crippen molar-refractivity contribution in [3.05, 3.63) is 0 Å². The van der Waals surface area contributed by atoms with Gasteiger partial charge in [0, 0.05) is 57.8 Å². The molecule has 0 rings (SSSR count). The van der Waals surface area contributed by atoms with E-state index < -0.39 is 19.8 Å². The first-order valence-corrected chi connectivity index (χ1v) is 2.33. The van der Waals surface area contributed by atoms with E-state index >= 15 is 0 Å². The standard InChI is InChI=1S/B8H/c1-5-8(4)6-7(2)3/h6H/i6T. The van der Waals surface area contributed by atoms with Gasteiger partial charge in [-0.3, -0.25) is 0 Å². The number of rotatable bonds is 3. The van der Waals surface area contributed by atoms with E-state index in [2.05, 4.69) is 0 Å². The summed E-state index contributed by atoms with van der Waals surface area (Å²) in [7, 11) is 21.1. The van der Waals surface area contributed by atoms with Crippen LogP contribution in [0.5, 0.6) is 0 Å². The molecule has 0 heterocycles. The zero-order chi connectivity index (χ0) is 7.44. The Kier molecular flexibility index (Phi) is 3.65. The van der Waals surface area contributed by atoms with Crippen LogP contribution in [0.3, 0.4) is 0 Å². The molecular weight excluding hydrogens is 86.5 g/mol. The van der Waals surface area contributed by atoms with Gasteiger partial charge in [0.05, 0.1) is 0 Å². The van der Waals surface area contributed by atoms with E-state index in [-0.39, 0.29) is 0 Å². The predicted molar refractivity (Wildman–Crippen MR) is 47.4 cm³/mol.